The summed E-state index contributed by atoms with van der Waals surface area (Å²) in [6, 6.07) is 2.29. The van der Waals surface area contributed by atoms with Gasteiger partial charge in [0, 0.05) is 24.1 Å². The molecule has 1 unspecified atom stereocenters. The Morgan fingerprint density at radius 1 is 1.42 bits per heavy atom. The Bertz CT molecular complexity index is 599. The number of hydrogen-bond acceptors (Lipinski definition) is 3. The highest BCUT2D eigenvalue weighted by atomic mass is 79.9. The lowest BCUT2D eigenvalue weighted by atomic mass is 10.1. The van der Waals surface area contributed by atoms with E-state index < -0.39 is 21.9 Å². The number of nitrogens with zero attached hydrogens (tertiary/aromatic N) is 1. The van der Waals surface area contributed by atoms with Gasteiger partial charge in [-0.15, -0.1) is 0 Å². The van der Waals surface area contributed by atoms with Gasteiger partial charge in [0.25, 0.3) is 0 Å². The molecule has 0 spiro atoms. The molecule has 1 N–H and O–H groups in total. The molecule has 0 aromatic heterocycles. The minimum Gasteiger partial charge on any atom is -0.388 e. The summed E-state index contributed by atoms with van der Waals surface area (Å²) < 4.78 is 39.3. The predicted molar refractivity (Wildman–Crippen MR) is 72.7 cm³/mol. The van der Waals surface area contributed by atoms with Crippen LogP contribution in [0.3, 0.4) is 0 Å². The second kappa shape index (κ2) is 5.12. The summed E-state index contributed by atoms with van der Waals surface area (Å²) in [4.78, 5) is -0.0337. The molecule has 0 aliphatic heterocycles. The number of aliphatic hydroxyl groups excluding tert-OH is 1. The van der Waals surface area contributed by atoms with Crippen LogP contribution in [0.4, 0.5) is 4.39 Å². The molecular weight excluding hydrogens is 337 g/mol. The van der Waals surface area contributed by atoms with E-state index in [1.165, 1.54) is 20.2 Å². The SMILES string of the molecule is CN(C)S(=O)(=O)c1ccc(F)c(C(O)C2CC2)c1Br. The molecule has 2 rings (SSSR count). The van der Waals surface area contributed by atoms with Crippen molar-refractivity contribution in [2.24, 2.45) is 5.92 Å². The van der Waals surface area contributed by atoms with Crippen molar-refractivity contribution < 1.29 is 17.9 Å². The standard InChI is InChI=1S/C12H15BrFNO3S/c1-15(2)19(17,18)9-6-5-8(14)10(11(9)13)12(16)7-3-4-7/h5-7,12,16H,3-4H2,1-2H3. The Hall–Kier alpha value is -0.500. The maximum Gasteiger partial charge on any atom is 0.243 e. The lowest BCUT2D eigenvalue weighted by molar-refractivity contribution is 0.148. The molecule has 0 amide bonds. The first kappa shape index (κ1) is 14.9. The van der Waals surface area contributed by atoms with Gasteiger partial charge in [-0.05, 0) is 46.8 Å². The third-order valence-corrected chi connectivity index (χ3v) is 6.19. The number of halogens is 2. The van der Waals surface area contributed by atoms with Gasteiger partial charge in [-0.1, -0.05) is 0 Å². The lowest BCUT2D eigenvalue weighted by Gasteiger charge is -2.18. The van der Waals surface area contributed by atoms with Gasteiger partial charge in [0.15, 0.2) is 0 Å². The fourth-order valence-electron chi connectivity index (χ4n) is 1.86. The van der Waals surface area contributed by atoms with Gasteiger partial charge in [0.2, 0.25) is 10.0 Å². The third kappa shape index (κ3) is 2.69. The zero-order valence-corrected chi connectivity index (χ0v) is 13.0. The average molecular weight is 352 g/mol. The van der Waals surface area contributed by atoms with Crippen molar-refractivity contribution >= 4 is 26.0 Å². The monoisotopic (exact) mass is 351 g/mol. The summed E-state index contributed by atoms with van der Waals surface area (Å²) in [5, 5.41) is 10.1. The van der Waals surface area contributed by atoms with Crippen LogP contribution in [0.25, 0.3) is 0 Å². The Morgan fingerprint density at radius 2 is 2.00 bits per heavy atom. The van der Waals surface area contributed by atoms with Crippen molar-refractivity contribution in [1.82, 2.24) is 4.31 Å². The fraction of sp³-hybridized carbons (Fsp3) is 0.500. The van der Waals surface area contributed by atoms with E-state index in [1.54, 1.807) is 0 Å². The first-order valence-electron chi connectivity index (χ1n) is 5.85. The normalized spacial score (nSPS) is 17.8. The van der Waals surface area contributed by atoms with Crippen molar-refractivity contribution in [3.63, 3.8) is 0 Å². The summed E-state index contributed by atoms with van der Waals surface area (Å²) in [6.07, 6.45) is 0.696. The molecule has 1 atom stereocenters. The van der Waals surface area contributed by atoms with Crippen molar-refractivity contribution in [2.75, 3.05) is 14.1 Å². The molecule has 1 saturated carbocycles. The van der Waals surface area contributed by atoms with Gasteiger partial charge < -0.3 is 5.11 Å². The maximum atomic E-state index is 13.9. The van der Waals surface area contributed by atoms with Gasteiger partial charge in [-0.2, -0.15) is 0 Å². The van der Waals surface area contributed by atoms with E-state index in [0.29, 0.717) is 0 Å². The van der Waals surface area contributed by atoms with Crippen LogP contribution in [0.1, 0.15) is 24.5 Å². The van der Waals surface area contributed by atoms with Crippen molar-refractivity contribution in [3.8, 4) is 0 Å². The third-order valence-electron chi connectivity index (χ3n) is 3.21. The van der Waals surface area contributed by atoms with Crippen LogP contribution in [0.2, 0.25) is 0 Å². The average Bonchev–Trinajstić information content (AvgIpc) is 3.11. The topological polar surface area (TPSA) is 57.6 Å². The van der Waals surface area contributed by atoms with Gasteiger partial charge in [-0.3, -0.25) is 0 Å². The highest BCUT2D eigenvalue weighted by molar-refractivity contribution is 9.10. The van der Waals surface area contributed by atoms with E-state index >= 15 is 0 Å². The van der Waals surface area contributed by atoms with E-state index in [1.807, 2.05) is 0 Å². The molecule has 7 heteroatoms. The largest absolute Gasteiger partial charge is 0.388 e. The Balaban J connectivity index is 2.57. The number of aliphatic hydroxyl groups is 1. The highest BCUT2D eigenvalue weighted by Crippen LogP contribution is 2.45. The van der Waals surface area contributed by atoms with E-state index in [2.05, 4.69) is 15.9 Å². The molecule has 0 bridgehead atoms. The quantitative estimate of drug-likeness (QED) is 0.905. The molecule has 1 aliphatic carbocycles. The van der Waals surface area contributed by atoms with Crippen LogP contribution >= 0.6 is 15.9 Å². The Kier molecular flexibility index (Phi) is 4.02. The smallest absolute Gasteiger partial charge is 0.243 e. The first-order valence-corrected chi connectivity index (χ1v) is 8.08. The van der Waals surface area contributed by atoms with Crippen molar-refractivity contribution in [3.05, 3.63) is 28.0 Å². The molecule has 1 aromatic rings. The number of sulfonamides is 1. The number of benzene rings is 1. The zero-order chi connectivity index (χ0) is 14.4. The van der Waals surface area contributed by atoms with Crippen LogP contribution in [0.15, 0.2) is 21.5 Å². The molecule has 4 nitrogen and oxygen atoms in total. The van der Waals surface area contributed by atoms with E-state index in [9.17, 15) is 17.9 Å². The van der Waals surface area contributed by atoms with Crippen LogP contribution in [-0.2, 0) is 10.0 Å². The number of hydrogen-bond donors (Lipinski definition) is 1. The zero-order valence-electron chi connectivity index (χ0n) is 10.6. The summed E-state index contributed by atoms with van der Waals surface area (Å²) in [6.45, 7) is 0. The Morgan fingerprint density at radius 3 is 2.47 bits per heavy atom. The van der Waals surface area contributed by atoms with Crippen LogP contribution in [-0.4, -0.2) is 31.9 Å². The lowest BCUT2D eigenvalue weighted by Crippen LogP contribution is -2.23. The fourth-order valence-corrected chi connectivity index (χ4v) is 4.00. The molecule has 19 heavy (non-hydrogen) atoms. The number of rotatable bonds is 4. The minimum atomic E-state index is -3.68. The van der Waals surface area contributed by atoms with E-state index in [0.717, 1.165) is 23.2 Å². The molecule has 1 fully saturated rings. The van der Waals surface area contributed by atoms with Crippen molar-refractivity contribution in [1.29, 1.82) is 0 Å². The second-order valence-electron chi connectivity index (χ2n) is 4.84. The Labute approximate surface area is 120 Å². The maximum absolute atomic E-state index is 13.9. The molecule has 106 valence electrons. The molecule has 1 aromatic carbocycles. The van der Waals surface area contributed by atoms with Crippen LogP contribution in [0, 0.1) is 11.7 Å². The van der Waals surface area contributed by atoms with E-state index in [4.69, 9.17) is 0 Å². The molecule has 0 heterocycles. The van der Waals surface area contributed by atoms with Gasteiger partial charge in [0.1, 0.15) is 5.82 Å². The second-order valence-corrected chi connectivity index (χ2v) is 7.76. The first-order chi connectivity index (χ1) is 8.76. The summed E-state index contributed by atoms with van der Waals surface area (Å²) in [5.74, 6) is -0.577. The molecular formula is C12H15BrFNO3S. The van der Waals surface area contributed by atoms with Crippen LogP contribution < -0.4 is 0 Å². The highest BCUT2D eigenvalue weighted by Gasteiger charge is 2.35. The van der Waals surface area contributed by atoms with Gasteiger partial charge in [0.05, 0.1) is 11.0 Å². The summed E-state index contributed by atoms with van der Waals surface area (Å²) >= 11 is 3.13. The summed E-state index contributed by atoms with van der Waals surface area (Å²) in [5.41, 5.74) is 0.0328. The van der Waals surface area contributed by atoms with E-state index in [-0.39, 0.29) is 20.8 Å². The predicted octanol–water partition coefficient (Wildman–Crippen LogP) is 2.28. The molecule has 0 saturated heterocycles. The van der Waals surface area contributed by atoms with Gasteiger partial charge >= 0.3 is 0 Å². The summed E-state index contributed by atoms with van der Waals surface area (Å²) in [7, 11) is -0.867. The molecule has 0 radical (unpaired) electrons. The van der Waals surface area contributed by atoms with Crippen LogP contribution in [0.5, 0.6) is 0 Å². The van der Waals surface area contributed by atoms with Crippen molar-refractivity contribution in [2.45, 2.75) is 23.8 Å². The minimum absolute atomic E-state index is 0.0168. The van der Waals surface area contributed by atoms with Gasteiger partial charge in [-0.25, -0.2) is 17.1 Å². The molecule has 1 aliphatic rings.